The van der Waals surface area contributed by atoms with Crippen LogP contribution >= 0.6 is 0 Å². The molecule has 1 aromatic carbocycles. The fourth-order valence-corrected chi connectivity index (χ4v) is 2.99. The van der Waals surface area contributed by atoms with E-state index in [1.165, 1.54) is 31.7 Å². The molecule has 110 valence electrons. The summed E-state index contributed by atoms with van der Waals surface area (Å²) in [6.07, 6.45) is 5.01. The van der Waals surface area contributed by atoms with Crippen molar-refractivity contribution < 1.29 is 14.4 Å². The number of hydrogen-bond donors (Lipinski definition) is 2. The second kappa shape index (κ2) is 7.20. The molecule has 20 heavy (non-hydrogen) atoms. The fraction of sp³-hybridized carbons (Fsp3) is 0.600. The zero-order valence-electron chi connectivity index (χ0n) is 12.1. The van der Waals surface area contributed by atoms with Crippen LogP contribution in [0.2, 0.25) is 0 Å². The van der Waals surface area contributed by atoms with Crippen LogP contribution in [0.25, 0.3) is 0 Å². The van der Waals surface area contributed by atoms with Gasteiger partial charge in [0, 0.05) is 12.0 Å². The molecule has 0 spiro atoms. The van der Waals surface area contributed by atoms with Gasteiger partial charge in [-0.3, -0.25) is 4.90 Å². The van der Waals surface area contributed by atoms with Crippen molar-refractivity contribution >= 4 is 12.6 Å². The Labute approximate surface area is 120 Å². The zero-order valence-corrected chi connectivity index (χ0v) is 12.1. The van der Waals surface area contributed by atoms with E-state index in [1.54, 1.807) is 12.1 Å². The highest BCUT2D eigenvalue weighted by Crippen LogP contribution is 2.22. The largest absolute Gasteiger partial charge is 0.491 e. The minimum Gasteiger partial charge on any atom is -0.423 e. The summed E-state index contributed by atoms with van der Waals surface area (Å²) in [5.41, 5.74) is 0.895. The van der Waals surface area contributed by atoms with Gasteiger partial charge in [-0.15, -0.1) is 0 Å². The van der Waals surface area contributed by atoms with Crippen molar-refractivity contribution in [2.45, 2.75) is 39.2 Å². The molecule has 2 rings (SSSR count). The van der Waals surface area contributed by atoms with Gasteiger partial charge in [0.2, 0.25) is 0 Å². The monoisotopic (exact) mass is 279 g/mol. The summed E-state index contributed by atoms with van der Waals surface area (Å²) in [6.45, 7) is 5.11. The van der Waals surface area contributed by atoms with Crippen LogP contribution in [0.5, 0.6) is 0 Å². The van der Waals surface area contributed by atoms with E-state index in [0.717, 1.165) is 31.1 Å². The lowest BCUT2D eigenvalue weighted by atomic mass is 9.79. The molecule has 1 fully saturated rings. The molecule has 1 aliphatic rings. The van der Waals surface area contributed by atoms with Gasteiger partial charge >= 0.3 is 7.12 Å². The van der Waals surface area contributed by atoms with Crippen molar-refractivity contribution in [3.63, 3.8) is 0 Å². The van der Waals surface area contributed by atoms with Crippen molar-refractivity contribution in [3.8, 4) is 0 Å². The maximum atomic E-state index is 13.4. The minimum atomic E-state index is -1.75. The van der Waals surface area contributed by atoms with Crippen molar-refractivity contribution in [2.24, 2.45) is 5.92 Å². The molecule has 1 aliphatic heterocycles. The Bertz CT molecular complexity index is 434. The highest BCUT2D eigenvalue weighted by Gasteiger charge is 2.20. The first-order chi connectivity index (χ1) is 9.60. The normalized spacial score (nSPS) is 17.4. The standard InChI is InChI=1S/C15H23BFNO2/c1-2-3-12-6-8-18(9-7-12)11-13-4-5-15(17)14(10-13)16(19)20/h4-5,10,12,19-20H,2-3,6-9,11H2,1H3. The van der Waals surface area contributed by atoms with E-state index >= 15 is 0 Å². The molecule has 2 N–H and O–H groups in total. The predicted molar refractivity (Wildman–Crippen MR) is 79.1 cm³/mol. The molecular weight excluding hydrogens is 256 g/mol. The Hall–Kier alpha value is -0.905. The van der Waals surface area contributed by atoms with Crippen LogP contribution in [-0.4, -0.2) is 35.2 Å². The van der Waals surface area contributed by atoms with Gasteiger partial charge in [-0.1, -0.05) is 31.9 Å². The van der Waals surface area contributed by atoms with E-state index in [2.05, 4.69) is 11.8 Å². The highest BCUT2D eigenvalue weighted by molar-refractivity contribution is 6.58. The lowest BCUT2D eigenvalue weighted by molar-refractivity contribution is 0.172. The molecule has 0 saturated carbocycles. The van der Waals surface area contributed by atoms with E-state index < -0.39 is 12.9 Å². The summed E-state index contributed by atoms with van der Waals surface area (Å²) in [5, 5.41) is 18.3. The molecular formula is C15H23BFNO2. The van der Waals surface area contributed by atoms with E-state index in [0.29, 0.717) is 0 Å². The number of benzene rings is 1. The van der Waals surface area contributed by atoms with E-state index in [4.69, 9.17) is 10.0 Å². The molecule has 3 nitrogen and oxygen atoms in total. The molecule has 0 aromatic heterocycles. The number of nitrogens with zero attached hydrogens (tertiary/aromatic N) is 1. The highest BCUT2D eigenvalue weighted by atomic mass is 19.1. The second-order valence-electron chi connectivity index (χ2n) is 5.74. The first-order valence-electron chi connectivity index (χ1n) is 7.47. The lowest BCUT2D eigenvalue weighted by Crippen LogP contribution is -2.35. The summed E-state index contributed by atoms with van der Waals surface area (Å²) < 4.78 is 13.4. The van der Waals surface area contributed by atoms with Crippen LogP contribution in [0.4, 0.5) is 4.39 Å². The van der Waals surface area contributed by atoms with Crippen molar-refractivity contribution in [1.82, 2.24) is 4.90 Å². The molecule has 1 aromatic rings. The van der Waals surface area contributed by atoms with Gasteiger partial charge < -0.3 is 10.0 Å². The lowest BCUT2D eigenvalue weighted by Gasteiger charge is -2.32. The number of halogens is 1. The Balaban J connectivity index is 1.93. The number of likely N-dealkylation sites (tertiary alicyclic amines) is 1. The third-order valence-electron chi connectivity index (χ3n) is 4.15. The van der Waals surface area contributed by atoms with Crippen LogP contribution in [0.3, 0.4) is 0 Å². The number of piperidine rings is 1. The molecule has 0 atom stereocenters. The van der Waals surface area contributed by atoms with Gasteiger partial charge in [-0.05, 0) is 43.5 Å². The van der Waals surface area contributed by atoms with Gasteiger partial charge in [0.05, 0.1) is 0 Å². The summed E-state index contributed by atoms with van der Waals surface area (Å²) >= 11 is 0. The van der Waals surface area contributed by atoms with Crippen LogP contribution in [0.15, 0.2) is 18.2 Å². The average molecular weight is 279 g/mol. The van der Waals surface area contributed by atoms with Crippen LogP contribution in [0, 0.1) is 11.7 Å². The van der Waals surface area contributed by atoms with E-state index in [-0.39, 0.29) is 5.46 Å². The van der Waals surface area contributed by atoms with E-state index in [9.17, 15) is 4.39 Å². The van der Waals surface area contributed by atoms with E-state index in [1.807, 2.05) is 0 Å². The molecule has 1 saturated heterocycles. The molecule has 0 amide bonds. The summed E-state index contributed by atoms with van der Waals surface area (Å²) in [6, 6.07) is 4.59. The van der Waals surface area contributed by atoms with Gasteiger partial charge in [0.1, 0.15) is 5.82 Å². The first-order valence-corrected chi connectivity index (χ1v) is 7.47. The third kappa shape index (κ3) is 4.04. The molecule has 1 heterocycles. The number of rotatable bonds is 5. The van der Waals surface area contributed by atoms with Gasteiger partial charge in [0.15, 0.2) is 0 Å². The maximum absolute atomic E-state index is 13.4. The van der Waals surface area contributed by atoms with Crippen molar-refractivity contribution in [3.05, 3.63) is 29.6 Å². The quantitative estimate of drug-likeness (QED) is 0.803. The van der Waals surface area contributed by atoms with Gasteiger partial charge in [-0.25, -0.2) is 4.39 Å². The van der Waals surface area contributed by atoms with Crippen molar-refractivity contribution in [2.75, 3.05) is 13.1 Å². The van der Waals surface area contributed by atoms with Crippen LogP contribution in [0.1, 0.15) is 38.2 Å². The Kier molecular flexibility index (Phi) is 5.58. The molecule has 0 radical (unpaired) electrons. The topological polar surface area (TPSA) is 43.7 Å². The molecule has 5 heteroatoms. The fourth-order valence-electron chi connectivity index (χ4n) is 2.99. The zero-order chi connectivity index (χ0) is 14.5. The Morgan fingerprint density at radius 3 is 2.60 bits per heavy atom. The Morgan fingerprint density at radius 1 is 1.30 bits per heavy atom. The predicted octanol–water partition coefficient (Wildman–Crippen LogP) is 1.52. The van der Waals surface area contributed by atoms with Crippen LogP contribution in [-0.2, 0) is 6.54 Å². The second-order valence-corrected chi connectivity index (χ2v) is 5.74. The smallest absolute Gasteiger partial charge is 0.423 e. The summed E-state index contributed by atoms with van der Waals surface area (Å²) in [4.78, 5) is 2.35. The van der Waals surface area contributed by atoms with Crippen LogP contribution < -0.4 is 5.46 Å². The SMILES string of the molecule is CCCC1CCN(Cc2ccc(F)c(B(O)O)c2)CC1. The summed E-state index contributed by atoms with van der Waals surface area (Å²) in [7, 11) is -1.75. The number of hydrogen-bond acceptors (Lipinski definition) is 3. The Morgan fingerprint density at radius 2 is 2.00 bits per heavy atom. The van der Waals surface area contributed by atoms with Gasteiger partial charge in [-0.2, -0.15) is 0 Å². The average Bonchev–Trinajstić information content (AvgIpc) is 2.43. The first kappa shape index (κ1) is 15.5. The summed E-state index contributed by atoms with van der Waals surface area (Å²) in [5.74, 6) is 0.282. The maximum Gasteiger partial charge on any atom is 0.491 e. The molecule has 0 bridgehead atoms. The van der Waals surface area contributed by atoms with Gasteiger partial charge in [0.25, 0.3) is 0 Å². The van der Waals surface area contributed by atoms with Crippen molar-refractivity contribution in [1.29, 1.82) is 0 Å². The third-order valence-corrected chi connectivity index (χ3v) is 4.15. The molecule has 0 unspecified atom stereocenters. The minimum absolute atomic E-state index is 0.0385. The molecule has 0 aliphatic carbocycles.